The van der Waals surface area contributed by atoms with E-state index in [2.05, 4.69) is 33.8 Å². The fraction of sp³-hybridized carbons (Fsp3) is 0.939. The van der Waals surface area contributed by atoms with E-state index in [0.717, 1.165) is 45.1 Å². The van der Waals surface area contributed by atoms with Gasteiger partial charge in [0.2, 0.25) is 0 Å². The lowest BCUT2D eigenvalue weighted by Crippen LogP contribution is -2.60. The van der Waals surface area contributed by atoms with Gasteiger partial charge in [-0.05, 0) is 91.8 Å². The zero-order chi connectivity index (χ0) is 28.9. The molecule has 8 heteroatoms. The van der Waals surface area contributed by atoms with Crippen LogP contribution in [0.4, 0.5) is 0 Å². The number of hydrogen-bond donors (Lipinski definition) is 4. The van der Waals surface area contributed by atoms with Gasteiger partial charge in [0.05, 0.1) is 25.4 Å². The third kappa shape index (κ3) is 4.29. The highest BCUT2D eigenvalue weighted by Crippen LogP contribution is 2.70. The van der Waals surface area contributed by atoms with Gasteiger partial charge in [0.25, 0.3) is 0 Å². The van der Waals surface area contributed by atoms with Crippen LogP contribution in [0.25, 0.3) is 0 Å². The van der Waals surface area contributed by atoms with Crippen LogP contribution in [0.3, 0.4) is 0 Å². The molecule has 4 N–H and O–H groups in total. The van der Waals surface area contributed by atoms with Crippen LogP contribution < -0.4 is 0 Å². The molecule has 0 bridgehead atoms. The minimum absolute atomic E-state index is 0.129. The number of rotatable bonds is 3. The zero-order valence-corrected chi connectivity index (χ0v) is 25.3. The molecule has 3 aliphatic heterocycles. The first-order valence-electron chi connectivity index (χ1n) is 16.5. The summed E-state index contributed by atoms with van der Waals surface area (Å²) in [5.74, 6) is 3.28. The van der Waals surface area contributed by atoms with Crippen molar-refractivity contribution < 1.29 is 39.4 Å². The monoisotopic (exact) mass is 576 g/mol. The van der Waals surface area contributed by atoms with Crippen molar-refractivity contribution >= 4 is 0 Å². The fourth-order valence-electron chi connectivity index (χ4n) is 11.1. The molecule has 0 radical (unpaired) electrons. The zero-order valence-electron chi connectivity index (χ0n) is 25.3. The first kappa shape index (κ1) is 29.1. The van der Waals surface area contributed by atoms with Gasteiger partial charge < -0.3 is 39.4 Å². The quantitative estimate of drug-likeness (QED) is 0.377. The van der Waals surface area contributed by atoms with Crippen molar-refractivity contribution in [2.24, 2.45) is 46.3 Å². The molecule has 8 nitrogen and oxygen atoms in total. The number of allylic oxidation sites excluding steroid dienone is 1. The molecule has 0 aromatic rings. The predicted molar refractivity (Wildman–Crippen MR) is 150 cm³/mol. The van der Waals surface area contributed by atoms with Gasteiger partial charge in [-0.1, -0.05) is 39.3 Å². The second-order valence-electron chi connectivity index (χ2n) is 15.5. The van der Waals surface area contributed by atoms with E-state index in [4.69, 9.17) is 18.9 Å². The fourth-order valence-corrected chi connectivity index (χ4v) is 11.1. The summed E-state index contributed by atoms with van der Waals surface area (Å²) in [6.07, 6.45) is 6.24. The molecule has 7 rings (SSSR count). The van der Waals surface area contributed by atoms with Crippen LogP contribution in [0.2, 0.25) is 0 Å². The van der Waals surface area contributed by atoms with Crippen LogP contribution in [0.15, 0.2) is 11.6 Å². The minimum Gasteiger partial charge on any atom is -0.394 e. The molecule has 0 amide bonds. The maximum atomic E-state index is 10.5. The number of hydrogen-bond acceptors (Lipinski definition) is 8. The first-order chi connectivity index (χ1) is 19.5. The topological polar surface area (TPSA) is 118 Å². The minimum atomic E-state index is -1.41. The molecule has 0 aromatic carbocycles. The Morgan fingerprint density at radius 2 is 1.78 bits per heavy atom. The molecule has 3 saturated heterocycles. The van der Waals surface area contributed by atoms with Crippen LogP contribution in [-0.2, 0) is 18.9 Å². The van der Waals surface area contributed by atoms with Crippen molar-refractivity contribution in [3.63, 3.8) is 0 Å². The summed E-state index contributed by atoms with van der Waals surface area (Å²) in [6.45, 7) is 10.1. The number of ether oxygens (including phenoxy) is 4. The normalized spacial score (nSPS) is 58.3. The summed E-state index contributed by atoms with van der Waals surface area (Å²) in [5.41, 5.74) is 1.91. The Bertz CT molecular complexity index is 1020. The Labute approximate surface area is 244 Å². The van der Waals surface area contributed by atoms with E-state index < -0.39 is 37.3 Å². The molecule has 0 unspecified atom stereocenters. The highest BCUT2D eigenvalue weighted by Gasteiger charge is 2.68. The van der Waals surface area contributed by atoms with Gasteiger partial charge in [0.1, 0.15) is 24.4 Å². The standard InChI is InChI=1S/C33H52O8/c1-17-7-12-33(38-16-17)18(2)26-24(41-33)14-23-21-6-5-19-13-20(8-10-31(19,3)22(21)9-11-32(23,26)4)39-30-29(37)28(36)27(35)25(15-34)40-30/h5,17-18,20-30,34-37H,6-16H2,1-4H3/t17-,18+,20+,21-,22-,23-,24+,25-,26+,27-,28+,29-,30+,31+,32+,33-/m1/s1. The summed E-state index contributed by atoms with van der Waals surface area (Å²) in [4.78, 5) is 0. The van der Waals surface area contributed by atoms with Crippen LogP contribution in [0.1, 0.15) is 85.5 Å². The van der Waals surface area contributed by atoms with E-state index in [1.807, 2.05) is 0 Å². The van der Waals surface area contributed by atoms with Crippen molar-refractivity contribution in [2.45, 2.75) is 134 Å². The first-order valence-corrected chi connectivity index (χ1v) is 16.5. The Morgan fingerprint density at radius 3 is 2.51 bits per heavy atom. The largest absolute Gasteiger partial charge is 0.394 e. The maximum absolute atomic E-state index is 10.5. The molecule has 0 aromatic heterocycles. The van der Waals surface area contributed by atoms with E-state index in [1.165, 1.54) is 24.8 Å². The average Bonchev–Trinajstić information content (AvgIpc) is 3.40. The number of fused-ring (bicyclic) bond motifs is 7. The van der Waals surface area contributed by atoms with Crippen molar-refractivity contribution in [1.29, 1.82) is 0 Å². The second-order valence-corrected chi connectivity index (χ2v) is 15.5. The van der Waals surface area contributed by atoms with Crippen LogP contribution in [-0.4, -0.2) is 82.3 Å². The Balaban J connectivity index is 1.05. The predicted octanol–water partition coefficient (Wildman–Crippen LogP) is 3.54. The van der Waals surface area contributed by atoms with Crippen molar-refractivity contribution in [1.82, 2.24) is 0 Å². The second kappa shape index (κ2) is 10.2. The number of aliphatic hydroxyl groups is 4. The molecule has 6 fully saturated rings. The highest BCUT2D eigenvalue weighted by molar-refractivity contribution is 5.26. The molecular formula is C33H52O8. The highest BCUT2D eigenvalue weighted by atomic mass is 16.7. The molecule has 3 saturated carbocycles. The summed E-state index contributed by atoms with van der Waals surface area (Å²) < 4.78 is 25.3. The van der Waals surface area contributed by atoms with Gasteiger partial charge in [0.15, 0.2) is 12.1 Å². The molecule has 3 heterocycles. The summed E-state index contributed by atoms with van der Waals surface area (Å²) >= 11 is 0. The van der Waals surface area contributed by atoms with Crippen molar-refractivity contribution in [3.05, 3.63) is 11.6 Å². The van der Waals surface area contributed by atoms with Gasteiger partial charge in [-0.3, -0.25) is 0 Å². The van der Waals surface area contributed by atoms with Crippen LogP contribution in [0, 0.1) is 46.3 Å². The van der Waals surface area contributed by atoms with Gasteiger partial charge in [0, 0.05) is 12.3 Å². The van der Waals surface area contributed by atoms with Gasteiger partial charge in [-0.25, -0.2) is 0 Å². The summed E-state index contributed by atoms with van der Waals surface area (Å²) in [7, 11) is 0. The molecule has 16 atom stereocenters. The lowest BCUT2D eigenvalue weighted by atomic mass is 9.47. The molecule has 1 spiro atoms. The van der Waals surface area contributed by atoms with Gasteiger partial charge in [-0.15, -0.1) is 0 Å². The lowest BCUT2D eigenvalue weighted by molar-refractivity contribution is -0.313. The number of aliphatic hydroxyl groups excluding tert-OH is 4. The Morgan fingerprint density at radius 1 is 0.976 bits per heavy atom. The summed E-state index contributed by atoms with van der Waals surface area (Å²) in [5, 5.41) is 40.4. The lowest BCUT2D eigenvalue weighted by Gasteiger charge is -2.58. The smallest absolute Gasteiger partial charge is 0.186 e. The van der Waals surface area contributed by atoms with E-state index >= 15 is 0 Å². The molecule has 41 heavy (non-hydrogen) atoms. The SMILES string of the molecule is C[C@@H]1CC[C@@]2(OC1)O[C@H]1C[C@@H]3[C@@H]4CC=C5C[C@@H](O[C@H]6O[C@H](CO)[C@@H](O)[C@H](O)[C@H]6O)CC[C@]5(C)[C@@H]4CC[C@]3(C)[C@H]1[C@@H]2C. The van der Waals surface area contributed by atoms with E-state index in [0.29, 0.717) is 47.0 Å². The molecule has 4 aliphatic carbocycles. The van der Waals surface area contributed by atoms with Gasteiger partial charge in [-0.2, -0.15) is 0 Å². The average molecular weight is 577 g/mol. The van der Waals surface area contributed by atoms with E-state index in [1.54, 1.807) is 0 Å². The summed E-state index contributed by atoms with van der Waals surface area (Å²) in [6, 6.07) is 0. The van der Waals surface area contributed by atoms with Crippen molar-refractivity contribution in [3.8, 4) is 0 Å². The van der Waals surface area contributed by atoms with Gasteiger partial charge >= 0.3 is 0 Å². The molecule has 232 valence electrons. The third-order valence-corrected chi connectivity index (χ3v) is 13.5. The van der Waals surface area contributed by atoms with Crippen molar-refractivity contribution in [2.75, 3.05) is 13.2 Å². The Kier molecular flexibility index (Phi) is 7.27. The van der Waals surface area contributed by atoms with Crippen LogP contribution in [0.5, 0.6) is 0 Å². The van der Waals surface area contributed by atoms with Crippen LogP contribution >= 0.6 is 0 Å². The maximum Gasteiger partial charge on any atom is 0.186 e. The molecular weight excluding hydrogens is 524 g/mol. The van der Waals surface area contributed by atoms with E-state index in [9.17, 15) is 20.4 Å². The molecule has 7 aliphatic rings. The Hall–Kier alpha value is -0.580. The third-order valence-electron chi connectivity index (χ3n) is 13.5. The van der Waals surface area contributed by atoms with E-state index in [-0.39, 0.29) is 17.3 Å².